The zero-order valence-corrected chi connectivity index (χ0v) is 30.8. The summed E-state index contributed by atoms with van der Waals surface area (Å²) in [7, 11) is 4.17. The fraction of sp³-hybridized carbons (Fsp3) is 0.447. The lowest BCUT2D eigenvalue weighted by molar-refractivity contribution is -0.134. The zero-order chi connectivity index (χ0) is 39.4. The highest BCUT2D eigenvalue weighted by Crippen LogP contribution is 2.53. The molecule has 12 nitrogen and oxygen atoms in total. The average molecular weight is 744 g/mol. The smallest absolute Gasteiger partial charge is 0.497 e. The molecule has 0 aromatic heterocycles. The Morgan fingerprint density at radius 3 is 2.34 bits per heavy atom. The number of ether oxygens (including phenoxy) is 3. The Balaban J connectivity index is 1.28. The number of phosphoric acid groups is 1. The number of rotatable bonds is 18. The Hall–Kier alpha value is -4.11. The van der Waals surface area contributed by atoms with Gasteiger partial charge in [0.2, 0.25) is 11.8 Å². The molecule has 7 unspecified atom stereocenters. The number of benzene rings is 3. The Morgan fingerprint density at radius 2 is 1.75 bits per heavy atom. The summed E-state index contributed by atoms with van der Waals surface area (Å²) < 4.78 is 62.3. The largest absolute Gasteiger partial charge is 0.603 e. The van der Waals surface area contributed by atoms with E-state index < -0.39 is 56.8 Å². The van der Waals surface area contributed by atoms with Crippen LogP contribution in [0.3, 0.4) is 0 Å². The molecule has 2 aliphatic heterocycles. The lowest BCUT2D eigenvalue weighted by Crippen LogP contribution is -2.45. The first kappa shape index (κ1) is 37.2. The van der Waals surface area contributed by atoms with Crippen molar-refractivity contribution in [1.82, 2.24) is 10.2 Å². The second-order valence-electron chi connectivity index (χ2n) is 13.0. The molecule has 0 saturated carbocycles. The van der Waals surface area contributed by atoms with Gasteiger partial charge in [0.1, 0.15) is 18.0 Å². The van der Waals surface area contributed by atoms with Gasteiger partial charge in [-0.05, 0) is 52.6 Å². The van der Waals surface area contributed by atoms with Crippen molar-refractivity contribution >= 4 is 34.5 Å². The van der Waals surface area contributed by atoms with Gasteiger partial charge in [0.25, 0.3) is 0 Å². The topological polar surface area (TPSA) is 126 Å². The Labute approximate surface area is 316 Å². The molecule has 2 heterocycles. The van der Waals surface area contributed by atoms with Crippen LogP contribution in [0.2, 0.25) is 0 Å². The first-order valence-corrected chi connectivity index (χ1v) is 18.9. The minimum Gasteiger partial charge on any atom is -0.497 e. The summed E-state index contributed by atoms with van der Waals surface area (Å²) in [5.41, 5.74) is 2.17. The lowest BCUT2D eigenvalue weighted by atomic mass is 9.51. The minimum absolute atomic E-state index is 0.0265. The number of hydrogen-bond donors (Lipinski definition) is 1. The number of nitrogens with zero attached hydrogens (tertiary/aromatic N) is 2. The summed E-state index contributed by atoms with van der Waals surface area (Å²) in [6.45, 7) is 6.85. The summed E-state index contributed by atoms with van der Waals surface area (Å²) >= 11 is 0. The number of phosphoric ester groups is 1. The highest BCUT2D eigenvalue weighted by Gasteiger charge is 2.44. The van der Waals surface area contributed by atoms with Crippen molar-refractivity contribution in [3.63, 3.8) is 0 Å². The van der Waals surface area contributed by atoms with Crippen molar-refractivity contribution in [3.05, 3.63) is 113 Å². The van der Waals surface area contributed by atoms with Gasteiger partial charge in [-0.3, -0.25) is 18.6 Å². The van der Waals surface area contributed by atoms with Crippen LogP contribution in [-0.2, 0) is 42.7 Å². The highest BCUT2D eigenvalue weighted by molar-refractivity contribution is 7.48. The summed E-state index contributed by atoms with van der Waals surface area (Å²) in [5.74, 6) is -0.351. The van der Waals surface area contributed by atoms with E-state index in [1.54, 1.807) is 7.11 Å². The first-order chi connectivity index (χ1) is 26.5. The molecule has 7 atom stereocenters. The number of carbonyl (C=O) groups is 2. The van der Waals surface area contributed by atoms with E-state index >= 15 is 0 Å². The third kappa shape index (κ3) is 10.1. The van der Waals surface area contributed by atoms with Crippen molar-refractivity contribution in [2.45, 2.75) is 62.8 Å². The van der Waals surface area contributed by atoms with E-state index in [0.717, 1.165) is 16.7 Å². The molecule has 53 heavy (non-hydrogen) atoms. The van der Waals surface area contributed by atoms with Gasteiger partial charge in [-0.15, -0.1) is 0 Å². The molecule has 277 valence electrons. The van der Waals surface area contributed by atoms with Crippen LogP contribution < -0.4 is 10.1 Å². The molecule has 2 aliphatic rings. The van der Waals surface area contributed by atoms with Crippen LogP contribution in [0.4, 0.5) is 0 Å². The van der Waals surface area contributed by atoms with E-state index in [2.05, 4.69) is 10.3 Å². The Kier molecular flexibility index (Phi) is 13.2. The number of hydrogen-bond acceptors (Lipinski definition) is 9. The molecular weight excluding hydrogens is 695 g/mol. The van der Waals surface area contributed by atoms with E-state index in [1.165, 1.54) is 12.1 Å². The van der Waals surface area contributed by atoms with Gasteiger partial charge >= 0.3 is 7.82 Å². The molecular formula is C38H45B2N3O9P. The predicted molar refractivity (Wildman–Crippen MR) is 200 cm³/mol. The fourth-order valence-electron chi connectivity index (χ4n) is 6.81. The molecule has 15 heteroatoms. The van der Waals surface area contributed by atoms with Crippen LogP contribution in [0.15, 0.2) is 84.9 Å². The van der Waals surface area contributed by atoms with E-state index in [1.807, 2.05) is 91.9 Å². The van der Waals surface area contributed by atoms with Gasteiger partial charge in [0.05, 0.1) is 34.9 Å². The molecule has 0 spiro atoms. The number of carbonyl (C=O) groups excluding carboxylic acids is 2. The van der Waals surface area contributed by atoms with Crippen LogP contribution in [0.25, 0.3) is 5.01 Å². The summed E-state index contributed by atoms with van der Waals surface area (Å²) in [5, 5.41) is 5.51. The highest BCUT2D eigenvalue weighted by atomic mass is 31.2. The Bertz CT molecular complexity index is 1760. The van der Waals surface area contributed by atoms with E-state index in [-0.39, 0.29) is 44.6 Å². The van der Waals surface area contributed by atoms with Gasteiger partial charge in [-0.25, -0.2) is 4.57 Å². The molecule has 0 bridgehead atoms. The maximum absolute atomic E-state index is 13.5. The second-order valence-corrected chi connectivity index (χ2v) is 14.5. The van der Waals surface area contributed by atoms with Crippen molar-refractivity contribution in [3.8, 4) is 5.75 Å². The van der Waals surface area contributed by atoms with Crippen LogP contribution in [-0.4, -0.2) is 95.9 Å². The average Bonchev–Trinajstić information content (AvgIpc) is 3.75. The summed E-state index contributed by atoms with van der Waals surface area (Å²) in [4.78, 5) is 28.0. The molecule has 3 aromatic rings. The molecule has 3 aromatic carbocycles. The first-order valence-electron chi connectivity index (χ1n) is 18.7. The SMILES string of the molecule is [3H]CC(=O)N(CCC(c1ccccc1)(c1ccccc1)c1ccc(OC)cc1)CC(=O)NCC1OC([3H])CC1OP(=O)(OCC1OC([B][B])CC1C)O[N+]#[C-]. The molecule has 1 N–H and O–H groups in total. The maximum Gasteiger partial charge on any atom is 0.603 e. The molecule has 3 radical (unpaired) electrons. The lowest BCUT2D eigenvalue weighted by Gasteiger charge is -2.38. The predicted octanol–water partition coefficient (Wildman–Crippen LogP) is 5.07. The van der Waals surface area contributed by atoms with Crippen LogP contribution in [0.5, 0.6) is 5.75 Å². The van der Waals surface area contributed by atoms with Gasteiger partial charge in [0.15, 0.2) is 0 Å². The number of amides is 2. The fourth-order valence-corrected chi connectivity index (χ4v) is 7.94. The molecule has 0 aliphatic carbocycles. The van der Waals surface area contributed by atoms with Gasteiger partial charge in [-0.1, -0.05) is 84.3 Å². The Morgan fingerprint density at radius 1 is 1.09 bits per heavy atom. The van der Waals surface area contributed by atoms with Crippen molar-refractivity contribution in [2.75, 3.05) is 39.9 Å². The molecule has 2 saturated heterocycles. The second kappa shape index (κ2) is 18.8. The van der Waals surface area contributed by atoms with Crippen molar-refractivity contribution in [2.24, 2.45) is 5.92 Å². The minimum atomic E-state index is -4.47. The zero-order valence-electron chi connectivity index (χ0n) is 31.9. The van der Waals surface area contributed by atoms with E-state index in [9.17, 15) is 14.2 Å². The molecule has 2 amide bonds. The molecule has 5 rings (SSSR count). The van der Waals surface area contributed by atoms with Crippen molar-refractivity contribution in [1.29, 1.82) is 0 Å². The number of nitrogens with one attached hydrogen (secondary N) is 1. The summed E-state index contributed by atoms with van der Waals surface area (Å²) in [6, 6.07) is 27.3. The normalized spacial score (nSPS) is 24.2. The third-order valence-electron chi connectivity index (χ3n) is 9.68. The molecule has 2 fully saturated rings. The maximum atomic E-state index is 13.5. The van der Waals surface area contributed by atoms with Gasteiger partial charge < -0.3 is 24.4 Å². The standard InChI is InChI=1S/C38H45B2N3O9P/c1-27-23-36(40-39)50-35(27)26-49-53(46,52-41-3)51-33-19-22-48-34(33)24-42-37(45)25-43(28(2)44)21-20-38(29-11-7-5-8-12-29,30-13-9-6-10-14-30)31-15-17-32(47-4)18-16-31/h5-18,27,33-36H,19-26H2,1-2,4H3,(H,42,45)/i2T,22T. The number of methoxy groups -OCH3 is 1. The third-order valence-corrected chi connectivity index (χ3v) is 11.0. The van der Waals surface area contributed by atoms with Crippen LogP contribution in [0.1, 0.15) is 52.5 Å². The monoisotopic (exact) mass is 744 g/mol. The van der Waals surface area contributed by atoms with Gasteiger partial charge in [-0.2, -0.15) is 6.57 Å². The van der Waals surface area contributed by atoms with Gasteiger partial charge in [0, 0.05) is 53.5 Å². The summed E-state index contributed by atoms with van der Waals surface area (Å²) in [6.07, 6.45) is -1.46. The quantitative estimate of drug-likeness (QED) is 0.0625. The van der Waals surface area contributed by atoms with E-state index in [0.29, 0.717) is 18.6 Å². The van der Waals surface area contributed by atoms with Crippen LogP contribution in [0, 0.1) is 12.5 Å². The van der Waals surface area contributed by atoms with Crippen LogP contribution >= 0.6 is 7.82 Å². The van der Waals surface area contributed by atoms with E-state index in [4.69, 9.17) is 44.9 Å². The van der Waals surface area contributed by atoms with Crippen molar-refractivity contribution < 1.29 is 44.8 Å².